The molecule has 1 aliphatic carbocycles. The predicted octanol–water partition coefficient (Wildman–Crippen LogP) is 2.63. The lowest BCUT2D eigenvalue weighted by atomic mass is 10.2. The van der Waals surface area contributed by atoms with E-state index in [1.807, 2.05) is 16.9 Å². The number of hydrogen-bond acceptors (Lipinski definition) is 4. The van der Waals surface area contributed by atoms with Gasteiger partial charge in [0.1, 0.15) is 5.65 Å². The lowest BCUT2D eigenvalue weighted by molar-refractivity contribution is 0.514. The van der Waals surface area contributed by atoms with Gasteiger partial charge in [0.25, 0.3) is 5.56 Å². The largest absolute Gasteiger partial charge is 0.289 e. The highest BCUT2D eigenvalue weighted by molar-refractivity contribution is 7.98. The van der Waals surface area contributed by atoms with E-state index in [0.717, 1.165) is 29.0 Å². The van der Waals surface area contributed by atoms with Crippen molar-refractivity contribution in [3.8, 4) is 0 Å². The summed E-state index contributed by atoms with van der Waals surface area (Å²) in [6.07, 6.45) is 8.32. The molecule has 5 heteroatoms. The molecule has 2 heterocycles. The Morgan fingerprint density at radius 2 is 2.11 bits per heavy atom. The Balaban J connectivity index is 2.25. The molecular weight excluding hydrogens is 246 g/mol. The number of rotatable bonds is 2. The van der Waals surface area contributed by atoms with Gasteiger partial charge in [0.05, 0.1) is 0 Å². The van der Waals surface area contributed by atoms with E-state index in [2.05, 4.69) is 9.97 Å². The molecule has 0 atom stereocenters. The highest BCUT2D eigenvalue weighted by Gasteiger charge is 2.20. The van der Waals surface area contributed by atoms with E-state index in [9.17, 15) is 4.79 Å². The van der Waals surface area contributed by atoms with Gasteiger partial charge in [0.2, 0.25) is 0 Å². The third-order valence-electron chi connectivity index (χ3n) is 3.52. The summed E-state index contributed by atoms with van der Waals surface area (Å²) in [5, 5.41) is 1.67. The fourth-order valence-corrected chi connectivity index (χ4v) is 2.97. The van der Waals surface area contributed by atoms with Crippen LogP contribution in [0.1, 0.15) is 31.7 Å². The number of aromatic nitrogens is 3. The Bertz CT molecular complexity index is 632. The highest BCUT2D eigenvalue weighted by Crippen LogP contribution is 2.30. The second-order valence-electron chi connectivity index (χ2n) is 4.62. The average molecular weight is 261 g/mol. The van der Waals surface area contributed by atoms with Gasteiger partial charge in [-0.3, -0.25) is 9.36 Å². The first kappa shape index (κ1) is 11.7. The zero-order valence-electron chi connectivity index (χ0n) is 10.3. The summed E-state index contributed by atoms with van der Waals surface area (Å²) in [5.74, 6) is 0. The molecule has 0 unspecified atom stereocenters. The van der Waals surface area contributed by atoms with Crippen LogP contribution < -0.4 is 5.56 Å². The monoisotopic (exact) mass is 261 g/mol. The van der Waals surface area contributed by atoms with Gasteiger partial charge in [-0.25, -0.2) is 9.97 Å². The summed E-state index contributed by atoms with van der Waals surface area (Å²) in [6, 6.07) is 3.75. The van der Waals surface area contributed by atoms with Crippen molar-refractivity contribution in [2.24, 2.45) is 0 Å². The number of fused-ring (bicyclic) bond motifs is 1. The van der Waals surface area contributed by atoms with E-state index in [1.165, 1.54) is 24.6 Å². The van der Waals surface area contributed by atoms with Gasteiger partial charge >= 0.3 is 0 Å². The summed E-state index contributed by atoms with van der Waals surface area (Å²) >= 11 is 1.50. The molecule has 2 aromatic rings. The molecule has 4 nitrogen and oxygen atoms in total. The fourth-order valence-electron chi connectivity index (χ4n) is 2.64. The lowest BCUT2D eigenvalue weighted by Crippen LogP contribution is -2.23. The third-order valence-corrected chi connectivity index (χ3v) is 4.08. The second-order valence-corrected chi connectivity index (χ2v) is 5.39. The molecule has 18 heavy (non-hydrogen) atoms. The van der Waals surface area contributed by atoms with Gasteiger partial charge in [0.15, 0.2) is 5.16 Å². The van der Waals surface area contributed by atoms with Crippen LogP contribution in [0.4, 0.5) is 0 Å². The van der Waals surface area contributed by atoms with E-state index in [1.54, 1.807) is 12.3 Å². The van der Waals surface area contributed by atoms with Gasteiger partial charge in [-0.05, 0) is 25.2 Å². The van der Waals surface area contributed by atoms with Crippen molar-refractivity contribution < 1.29 is 0 Å². The van der Waals surface area contributed by atoms with Crippen molar-refractivity contribution in [1.29, 1.82) is 0 Å². The van der Waals surface area contributed by atoms with Gasteiger partial charge in [-0.1, -0.05) is 24.6 Å². The van der Waals surface area contributed by atoms with Crippen LogP contribution in [0.15, 0.2) is 28.3 Å². The van der Waals surface area contributed by atoms with Crippen LogP contribution in [0, 0.1) is 0 Å². The summed E-state index contributed by atoms with van der Waals surface area (Å²) in [6.45, 7) is 0. The minimum absolute atomic E-state index is 0.0557. The molecule has 0 radical (unpaired) electrons. The summed E-state index contributed by atoms with van der Waals surface area (Å²) in [4.78, 5) is 20.9. The third kappa shape index (κ3) is 1.92. The number of thioether (sulfide) groups is 1. The zero-order chi connectivity index (χ0) is 12.5. The van der Waals surface area contributed by atoms with Crippen LogP contribution in [0.25, 0.3) is 11.0 Å². The fraction of sp³-hybridized carbons (Fsp3) is 0.462. The molecule has 0 saturated heterocycles. The van der Waals surface area contributed by atoms with Gasteiger partial charge in [-0.15, -0.1) is 0 Å². The van der Waals surface area contributed by atoms with Crippen LogP contribution in [-0.4, -0.2) is 20.8 Å². The molecule has 2 aromatic heterocycles. The van der Waals surface area contributed by atoms with Crippen molar-refractivity contribution in [3.05, 3.63) is 28.7 Å². The Kier molecular flexibility index (Phi) is 3.07. The number of pyridine rings is 1. The van der Waals surface area contributed by atoms with Crippen molar-refractivity contribution in [3.63, 3.8) is 0 Å². The minimum Gasteiger partial charge on any atom is -0.289 e. The Morgan fingerprint density at radius 3 is 2.83 bits per heavy atom. The van der Waals surface area contributed by atoms with Crippen molar-refractivity contribution >= 4 is 22.8 Å². The maximum atomic E-state index is 12.1. The van der Waals surface area contributed by atoms with Crippen LogP contribution >= 0.6 is 11.8 Å². The Morgan fingerprint density at radius 1 is 1.33 bits per heavy atom. The summed E-state index contributed by atoms with van der Waals surface area (Å²) in [5.41, 5.74) is 0.842. The molecule has 3 rings (SSSR count). The average Bonchev–Trinajstić information content (AvgIpc) is 2.91. The number of hydrogen-bond donors (Lipinski definition) is 0. The molecule has 0 spiro atoms. The second kappa shape index (κ2) is 4.72. The summed E-state index contributed by atoms with van der Waals surface area (Å²) < 4.78 is 1.86. The molecule has 0 bridgehead atoms. The molecule has 1 saturated carbocycles. The molecular formula is C13H15N3OS. The minimum atomic E-state index is 0.0557. The van der Waals surface area contributed by atoms with Gasteiger partial charge < -0.3 is 0 Å². The van der Waals surface area contributed by atoms with E-state index < -0.39 is 0 Å². The van der Waals surface area contributed by atoms with E-state index >= 15 is 0 Å². The first-order valence-electron chi connectivity index (χ1n) is 6.22. The first-order valence-corrected chi connectivity index (χ1v) is 7.44. The topological polar surface area (TPSA) is 47.8 Å². The van der Waals surface area contributed by atoms with Crippen LogP contribution in [0.5, 0.6) is 0 Å². The van der Waals surface area contributed by atoms with Crippen LogP contribution in [-0.2, 0) is 0 Å². The predicted molar refractivity (Wildman–Crippen MR) is 73.1 cm³/mol. The maximum Gasteiger partial charge on any atom is 0.252 e. The Labute approximate surface area is 109 Å². The first-order chi connectivity index (χ1) is 8.79. The SMILES string of the molecule is CSc1ncc2ccc(=O)n(C3CCCC3)c2n1. The molecule has 94 valence electrons. The Hall–Kier alpha value is -1.36. The smallest absolute Gasteiger partial charge is 0.252 e. The summed E-state index contributed by atoms with van der Waals surface area (Å²) in [7, 11) is 0. The van der Waals surface area contributed by atoms with E-state index in [4.69, 9.17) is 0 Å². The molecule has 0 N–H and O–H groups in total. The normalized spacial score (nSPS) is 16.5. The van der Waals surface area contributed by atoms with Gasteiger partial charge in [-0.2, -0.15) is 0 Å². The highest BCUT2D eigenvalue weighted by atomic mass is 32.2. The van der Waals surface area contributed by atoms with Crippen LogP contribution in [0.2, 0.25) is 0 Å². The maximum absolute atomic E-state index is 12.1. The molecule has 0 aromatic carbocycles. The van der Waals surface area contributed by atoms with Crippen molar-refractivity contribution in [2.45, 2.75) is 36.9 Å². The number of nitrogens with zero attached hydrogens (tertiary/aromatic N) is 3. The van der Waals surface area contributed by atoms with Crippen LogP contribution in [0.3, 0.4) is 0 Å². The van der Waals surface area contributed by atoms with E-state index in [0.29, 0.717) is 6.04 Å². The lowest BCUT2D eigenvalue weighted by Gasteiger charge is -2.15. The van der Waals surface area contributed by atoms with Gasteiger partial charge in [0, 0.05) is 23.7 Å². The standard InChI is InChI=1S/C13H15N3OS/c1-18-13-14-8-9-6-7-11(17)16(12(9)15-13)10-4-2-3-5-10/h6-8,10H,2-5H2,1H3. The zero-order valence-corrected chi connectivity index (χ0v) is 11.1. The van der Waals surface area contributed by atoms with Crippen molar-refractivity contribution in [1.82, 2.24) is 14.5 Å². The molecule has 0 amide bonds. The van der Waals surface area contributed by atoms with E-state index in [-0.39, 0.29) is 5.56 Å². The molecule has 1 fully saturated rings. The molecule has 0 aliphatic heterocycles. The quantitative estimate of drug-likeness (QED) is 0.616. The van der Waals surface area contributed by atoms with Crippen molar-refractivity contribution in [2.75, 3.05) is 6.26 Å². The molecule has 1 aliphatic rings.